The summed E-state index contributed by atoms with van der Waals surface area (Å²) in [6.07, 6.45) is -4.29. The summed E-state index contributed by atoms with van der Waals surface area (Å²) in [5.41, 5.74) is 6.16. The van der Waals surface area contributed by atoms with Crippen LogP contribution in [0.2, 0.25) is 0 Å². The van der Waals surface area contributed by atoms with Gasteiger partial charge in [0.15, 0.2) is 17.4 Å². The number of aliphatic hydroxyl groups is 2. The molecule has 24 heteroatoms. The van der Waals surface area contributed by atoms with Crippen LogP contribution in [0.4, 0.5) is 5.95 Å². The highest BCUT2D eigenvalue weighted by atomic mass is 31.2. The fourth-order valence-electron chi connectivity index (χ4n) is 7.06. The summed E-state index contributed by atoms with van der Waals surface area (Å²) in [7, 11) is -4.56. The summed E-state index contributed by atoms with van der Waals surface area (Å²) in [5.74, 6) is -0.185. The van der Waals surface area contributed by atoms with Gasteiger partial charge in [-0.15, -0.1) is 0 Å². The number of nitrogens with zero attached hydrogens (tertiary/aromatic N) is 3. The second-order valence-corrected chi connectivity index (χ2v) is 16.7. The topological polar surface area (TPSA) is 287 Å². The van der Waals surface area contributed by atoms with E-state index in [0.29, 0.717) is 112 Å². The monoisotopic (exact) mass is 993 g/mol. The van der Waals surface area contributed by atoms with E-state index in [1.54, 1.807) is 0 Å². The lowest BCUT2D eigenvalue weighted by molar-refractivity contribution is -0.0521. The lowest BCUT2D eigenvalue weighted by Crippen LogP contribution is -2.33. The van der Waals surface area contributed by atoms with E-state index >= 15 is 0 Å². The number of phosphoric acid groups is 1. The highest BCUT2D eigenvalue weighted by Gasteiger charge is 2.45. The van der Waals surface area contributed by atoms with E-state index in [9.17, 15) is 24.5 Å². The molecule has 1 unspecified atom stereocenters. The number of rotatable bonds is 37. The van der Waals surface area contributed by atoms with Crippen molar-refractivity contribution in [2.45, 2.75) is 31.1 Å². The minimum atomic E-state index is -4.56. The molecule has 5 aromatic rings. The molecule has 1 saturated heterocycles. The standard InChI is InChI=1S/C45H64N5O18P/c46-45-48-42-39(43(53)49-45)47-32-50(42)44-41(52)40(51)38(68-44)31-67-69(54,55)66-28-27-64-24-23-62-20-19-60-16-15-58-12-11-56-9-10-57-13-14-59-17-18-61-21-22-63-25-26-65-30-37-35-7-3-1-5-33(35)29-34-6-2-4-8-36(34)37/h1-8,29,32,38,40-41,44,51-52H,9-28,30-31H2,(H,54,55)(H3,46,48,49,53)/t38-,40-,41-,44-/m1/s1. The SMILES string of the molecule is Nc1nc2c(ncn2[C@@H]2O[C@H](COP(=O)(O)OCCOCCOCCOCCOCCOCCOCCOCCOCCOCCOCc3c4ccccc4cc4ccccc34)[C@@H](O)[C@H]2O)c(=O)[nH]1. The van der Waals surface area contributed by atoms with Crippen LogP contribution in [0.25, 0.3) is 32.7 Å². The highest BCUT2D eigenvalue weighted by molar-refractivity contribution is 7.47. The normalized spacial score (nSPS) is 18.2. The first-order valence-electron chi connectivity index (χ1n) is 22.7. The fraction of sp³-hybridized carbons (Fsp3) is 0.578. The lowest BCUT2D eigenvalue weighted by atomic mass is 9.97. The minimum absolute atomic E-state index is 0.0138. The van der Waals surface area contributed by atoms with Gasteiger partial charge in [0, 0.05) is 0 Å². The van der Waals surface area contributed by atoms with E-state index in [2.05, 4.69) is 69.5 Å². The van der Waals surface area contributed by atoms with Crippen molar-refractivity contribution in [3.05, 3.63) is 76.8 Å². The zero-order valence-corrected chi connectivity index (χ0v) is 39.4. The number of anilines is 1. The van der Waals surface area contributed by atoms with Crippen LogP contribution in [0.1, 0.15) is 11.8 Å². The Morgan fingerprint density at radius 2 is 1.06 bits per heavy atom. The third kappa shape index (κ3) is 17.9. The number of hydrogen-bond acceptors (Lipinski definition) is 20. The van der Waals surface area contributed by atoms with Crippen LogP contribution < -0.4 is 11.3 Å². The van der Waals surface area contributed by atoms with Crippen molar-refractivity contribution in [3.8, 4) is 0 Å². The van der Waals surface area contributed by atoms with Crippen LogP contribution in [0, 0.1) is 0 Å². The maximum Gasteiger partial charge on any atom is 0.472 e. The Bertz CT molecular complexity index is 2300. The first-order chi connectivity index (χ1) is 33.7. The van der Waals surface area contributed by atoms with Gasteiger partial charge in [-0.1, -0.05) is 48.5 Å². The average Bonchev–Trinajstić information content (AvgIpc) is 3.89. The van der Waals surface area contributed by atoms with E-state index in [4.69, 9.17) is 66.9 Å². The maximum atomic E-state index is 12.3. The predicted molar refractivity (Wildman–Crippen MR) is 249 cm³/mol. The van der Waals surface area contributed by atoms with Crippen molar-refractivity contribution in [2.75, 3.05) is 144 Å². The molecule has 0 bridgehead atoms. The largest absolute Gasteiger partial charge is 0.472 e. The highest BCUT2D eigenvalue weighted by Crippen LogP contribution is 2.44. The summed E-state index contributed by atoms with van der Waals surface area (Å²) in [4.78, 5) is 32.4. The van der Waals surface area contributed by atoms with Crippen molar-refractivity contribution < 1.29 is 80.8 Å². The number of H-pyrrole nitrogens is 1. The summed E-state index contributed by atoms with van der Waals surface area (Å²) in [5, 5.41) is 25.8. The number of benzene rings is 3. The van der Waals surface area contributed by atoms with E-state index < -0.39 is 44.5 Å². The van der Waals surface area contributed by atoms with Gasteiger partial charge in [0.05, 0.1) is 152 Å². The number of nitrogens with two attached hydrogens (primary N) is 1. The third-order valence-electron chi connectivity index (χ3n) is 10.4. The first kappa shape index (κ1) is 54.3. The Balaban J connectivity index is 0.631. The number of aromatic amines is 1. The second-order valence-electron chi connectivity index (χ2n) is 15.3. The van der Waals surface area contributed by atoms with Gasteiger partial charge in [0.2, 0.25) is 5.95 Å². The van der Waals surface area contributed by atoms with E-state index in [1.807, 2.05) is 0 Å². The molecule has 3 aromatic carbocycles. The Morgan fingerprint density at radius 1 is 0.623 bits per heavy atom. The number of imidazole rings is 1. The molecule has 23 nitrogen and oxygen atoms in total. The van der Waals surface area contributed by atoms with Crippen molar-refractivity contribution in [1.82, 2.24) is 19.5 Å². The molecule has 6 N–H and O–H groups in total. The molecule has 382 valence electrons. The Labute approximate surface area is 398 Å². The van der Waals surface area contributed by atoms with Gasteiger partial charge < -0.3 is 72.9 Å². The van der Waals surface area contributed by atoms with Crippen LogP contribution in [0.5, 0.6) is 0 Å². The number of hydrogen-bond donors (Lipinski definition) is 5. The van der Waals surface area contributed by atoms with Crippen molar-refractivity contribution in [1.29, 1.82) is 0 Å². The van der Waals surface area contributed by atoms with Gasteiger partial charge in [-0.25, -0.2) is 9.55 Å². The molecule has 3 heterocycles. The predicted octanol–water partition coefficient (Wildman–Crippen LogP) is 2.13. The Morgan fingerprint density at radius 3 is 1.54 bits per heavy atom. The zero-order valence-electron chi connectivity index (χ0n) is 38.5. The molecule has 1 aliphatic heterocycles. The molecule has 6 rings (SSSR count). The summed E-state index contributed by atoms with van der Waals surface area (Å²) >= 11 is 0. The van der Waals surface area contributed by atoms with Crippen molar-refractivity contribution >= 4 is 46.5 Å². The van der Waals surface area contributed by atoms with Crippen LogP contribution >= 0.6 is 7.82 Å². The van der Waals surface area contributed by atoms with E-state index in [1.165, 1.54) is 38.0 Å². The number of nitrogen functional groups attached to an aromatic ring is 1. The molecular weight excluding hydrogens is 929 g/mol. The molecule has 0 radical (unpaired) electrons. The quantitative estimate of drug-likeness (QED) is 0.0216. The minimum Gasteiger partial charge on any atom is -0.387 e. The van der Waals surface area contributed by atoms with Gasteiger partial charge in [0.1, 0.15) is 18.3 Å². The summed E-state index contributed by atoms with van der Waals surface area (Å²) < 4.78 is 84.6. The zero-order chi connectivity index (χ0) is 48.5. The van der Waals surface area contributed by atoms with Gasteiger partial charge in [-0.05, 0) is 33.2 Å². The Kier molecular flexibility index (Phi) is 23.6. The lowest BCUT2D eigenvalue weighted by Gasteiger charge is -2.17. The van der Waals surface area contributed by atoms with Crippen LogP contribution in [0.15, 0.2) is 65.7 Å². The molecule has 5 atom stereocenters. The number of phosphoric ester groups is 1. The molecule has 0 saturated carbocycles. The average molecular weight is 994 g/mol. The third-order valence-corrected chi connectivity index (χ3v) is 11.4. The first-order valence-corrected chi connectivity index (χ1v) is 24.2. The van der Waals surface area contributed by atoms with Crippen LogP contribution in [0.3, 0.4) is 0 Å². The van der Waals surface area contributed by atoms with Gasteiger partial charge in [-0.2, -0.15) is 4.98 Å². The van der Waals surface area contributed by atoms with Crippen LogP contribution in [-0.2, 0) is 72.3 Å². The molecule has 1 fully saturated rings. The molecular formula is C45H64N5O18P. The second kappa shape index (κ2) is 29.9. The number of nitrogens with one attached hydrogen (secondary N) is 1. The number of aromatic nitrogens is 4. The van der Waals surface area contributed by atoms with E-state index in [-0.39, 0.29) is 43.5 Å². The van der Waals surface area contributed by atoms with Gasteiger partial charge in [0.25, 0.3) is 5.56 Å². The summed E-state index contributed by atoms with van der Waals surface area (Å²) in [6, 6.07) is 19.0. The molecule has 69 heavy (non-hydrogen) atoms. The molecule has 0 aliphatic carbocycles. The fourth-order valence-corrected chi connectivity index (χ4v) is 7.77. The molecule has 0 spiro atoms. The number of fused-ring (bicyclic) bond motifs is 3. The van der Waals surface area contributed by atoms with Crippen molar-refractivity contribution in [2.24, 2.45) is 0 Å². The van der Waals surface area contributed by atoms with Gasteiger partial charge in [-0.3, -0.25) is 23.4 Å². The molecule has 1 aliphatic rings. The van der Waals surface area contributed by atoms with Crippen molar-refractivity contribution in [3.63, 3.8) is 0 Å². The smallest absolute Gasteiger partial charge is 0.387 e. The van der Waals surface area contributed by atoms with Crippen LogP contribution in [-0.4, -0.2) is 192 Å². The summed E-state index contributed by atoms with van der Waals surface area (Å²) in [6.45, 7) is 7.21. The van der Waals surface area contributed by atoms with Gasteiger partial charge >= 0.3 is 7.82 Å². The van der Waals surface area contributed by atoms with E-state index in [0.717, 1.165) is 0 Å². The molecule has 2 aromatic heterocycles. The Hall–Kier alpha value is -4.08. The molecule has 0 amide bonds. The number of aliphatic hydroxyl groups excluding tert-OH is 2. The maximum absolute atomic E-state index is 12.3. The number of ether oxygens (including phenoxy) is 11.